The van der Waals surface area contributed by atoms with Crippen molar-refractivity contribution in [2.45, 2.75) is 180 Å². The van der Waals surface area contributed by atoms with Gasteiger partial charge in [-0.05, 0) is 64.2 Å². The van der Waals surface area contributed by atoms with Gasteiger partial charge in [0.25, 0.3) is 0 Å². The Hall–Kier alpha value is -1.80. The average molecular weight is 780 g/mol. The topological polar surface area (TPSA) is 105 Å². The van der Waals surface area contributed by atoms with E-state index in [9.17, 15) is 19.4 Å². The van der Waals surface area contributed by atoms with Crippen molar-refractivity contribution in [1.82, 2.24) is 5.32 Å². The summed E-state index contributed by atoms with van der Waals surface area (Å²) in [6, 6.07) is -0.873. The maximum atomic E-state index is 12.8. The highest BCUT2D eigenvalue weighted by Gasteiger charge is 2.27. The van der Waals surface area contributed by atoms with Gasteiger partial charge < -0.3 is 19.8 Å². The first-order valence-corrected chi connectivity index (χ1v) is 23.2. The second kappa shape index (κ2) is 36.8. The highest BCUT2D eigenvalue weighted by atomic mass is 31.2. The molecule has 9 heteroatoms. The quantitative estimate of drug-likeness (QED) is 0.0249. The summed E-state index contributed by atoms with van der Waals surface area (Å²) in [5.74, 6) is -0.207. The molecule has 3 N–H and O–H groups in total. The third-order valence-electron chi connectivity index (χ3n) is 9.22. The number of carbonyl (C=O) groups is 1. The Bertz CT molecular complexity index is 1060. The Labute approximate surface area is 332 Å². The molecule has 1 amide bonds. The number of phosphoric acid groups is 1. The van der Waals surface area contributed by atoms with Crippen LogP contribution in [0.2, 0.25) is 0 Å². The standard InChI is InChI=1S/C45H83N2O6P/c1-6-8-10-12-14-16-18-20-22-23-25-26-28-30-32-34-36-38-44(48)43(42-53-54(50,51)52-41-40-47(3,4)5)46-45(49)39-37-35-33-31-29-27-24-21-19-17-15-13-11-9-7-2/h9,11,15,17,21,24,28,30,36,38,43-44,48H,6-8,10,12-14,16,18-20,22-23,25-27,29,31-35,37,39-42H2,1-5H3,(H-,46,49,50,51)/p+1/b11-9-,17-15-,24-21-,30-28+,38-36+. The molecule has 0 bridgehead atoms. The fraction of sp³-hybridized carbons (Fsp3) is 0.756. The number of rotatable bonds is 38. The fourth-order valence-electron chi connectivity index (χ4n) is 5.78. The zero-order valence-corrected chi connectivity index (χ0v) is 36.3. The van der Waals surface area contributed by atoms with Crippen molar-refractivity contribution in [3.8, 4) is 0 Å². The largest absolute Gasteiger partial charge is 0.472 e. The van der Waals surface area contributed by atoms with Gasteiger partial charge in [0.1, 0.15) is 13.2 Å². The maximum absolute atomic E-state index is 12.8. The summed E-state index contributed by atoms with van der Waals surface area (Å²) in [5, 5.41) is 13.8. The molecule has 54 heavy (non-hydrogen) atoms. The van der Waals surface area contributed by atoms with Crippen LogP contribution in [0.3, 0.4) is 0 Å². The number of nitrogens with one attached hydrogen (secondary N) is 1. The molecule has 0 rings (SSSR count). The molecular weight excluding hydrogens is 695 g/mol. The van der Waals surface area contributed by atoms with Gasteiger partial charge >= 0.3 is 7.82 Å². The molecule has 0 radical (unpaired) electrons. The number of amides is 1. The van der Waals surface area contributed by atoms with E-state index in [2.05, 4.69) is 67.8 Å². The predicted octanol–water partition coefficient (Wildman–Crippen LogP) is 11.9. The predicted molar refractivity (Wildman–Crippen MR) is 230 cm³/mol. The number of hydrogen-bond acceptors (Lipinski definition) is 5. The lowest BCUT2D eigenvalue weighted by Crippen LogP contribution is -2.45. The Morgan fingerprint density at radius 1 is 0.648 bits per heavy atom. The molecule has 8 nitrogen and oxygen atoms in total. The first kappa shape index (κ1) is 52.2. The summed E-state index contributed by atoms with van der Waals surface area (Å²) in [4.78, 5) is 23.1. The summed E-state index contributed by atoms with van der Waals surface area (Å²) >= 11 is 0. The van der Waals surface area contributed by atoms with Crippen molar-refractivity contribution >= 4 is 13.7 Å². The molecule has 314 valence electrons. The minimum Gasteiger partial charge on any atom is -0.387 e. The van der Waals surface area contributed by atoms with E-state index in [0.29, 0.717) is 17.4 Å². The second-order valence-corrected chi connectivity index (χ2v) is 17.1. The van der Waals surface area contributed by atoms with E-state index in [0.717, 1.165) is 77.0 Å². The Morgan fingerprint density at radius 3 is 1.70 bits per heavy atom. The summed E-state index contributed by atoms with van der Waals surface area (Å²) in [5.41, 5.74) is 0. The number of allylic oxidation sites excluding steroid dienone is 9. The number of aliphatic hydroxyl groups is 1. The number of aliphatic hydroxyl groups excluding tert-OH is 1. The molecule has 0 aromatic rings. The number of phosphoric ester groups is 1. The third-order valence-corrected chi connectivity index (χ3v) is 10.2. The monoisotopic (exact) mass is 780 g/mol. The molecule has 0 aliphatic heterocycles. The van der Waals surface area contributed by atoms with Gasteiger partial charge in [-0.3, -0.25) is 13.8 Å². The van der Waals surface area contributed by atoms with Gasteiger partial charge in [-0.25, -0.2) is 4.57 Å². The van der Waals surface area contributed by atoms with Crippen LogP contribution < -0.4 is 5.32 Å². The highest BCUT2D eigenvalue weighted by molar-refractivity contribution is 7.47. The number of hydrogen-bond donors (Lipinski definition) is 3. The molecule has 3 unspecified atom stereocenters. The Kier molecular flexibility index (Phi) is 35.6. The molecule has 0 aromatic carbocycles. The molecule has 0 spiro atoms. The van der Waals surface area contributed by atoms with Crippen molar-refractivity contribution in [2.24, 2.45) is 0 Å². The van der Waals surface area contributed by atoms with Gasteiger partial charge in [0.05, 0.1) is 39.9 Å². The normalized spacial score (nSPS) is 15.0. The Balaban J connectivity index is 4.54. The SMILES string of the molecule is CC/C=C\C/C=C\C/C=C\CCCCCCCC(=O)NC(COP(=O)(O)OCC[N+](C)(C)C)C(O)/C=C/CC/C=C/CCCCCCCCCCCCC. The molecular formula is C45H84N2O6P+. The van der Waals surface area contributed by atoms with Crippen molar-refractivity contribution in [2.75, 3.05) is 40.9 Å². The lowest BCUT2D eigenvalue weighted by Gasteiger charge is -2.25. The maximum Gasteiger partial charge on any atom is 0.472 e. The van der Waals surface area contributed by atoms with Crippen LogP contribution in [0.25, 0.3) is 0 Å². The van der Waals surface area contributed by atoms with E-state index < -0.39 is 20.0 Å². The number of carbonyl (C=O) groups excluding carboxylic acids is 1. The molecule has 0 saturated carbocycles. The van der Waals surface area contributed by atoms with Crippen LogP contribution in [-0.2, 0) is 18.4 Å². The van der Waals surface area contributed by atoms with Crippen LogP contribution in [0.15, 0.2) is 60.8 Å². The molecule has 3 atom stereocenters. The van der Waals surface area contributed by atoms with Gasteiger partial charge in [-0.2, -0.15) is 0 Å². The molecule has 0 aromatic heterocycles. The van der Waals surface area contributed by atoms with E-state index in [1.807, 2.05) is 27.2 Å². The summed E-state index contributed by atoms with van der Waals surface area (Å²) in [7, 11) is 1.53. The van der Waals surface area contributed by atoms with E-state index in [1.54, 1.807) is 6.08 Å². The van der Waals surface area contributed by atoms with Crippen molar-refractivity contribution in [1.29, 1.82) is 0 Å². The first-order valence-electron chi connectivity index (χ1n) is 21.7. The van der Waals surface area contributed by atoms with Crippen LogP contribution in [0, 0.1) is 0 Å². The number of nitrogens with zero attached hydrogens (tertiary/aromatic N) is 1. The molecule has 0 fully saturated rings. The van der Waals surface area contributed by atoms with Crippen LogP contribution in [0.4, 0.5) is 0 Å². The van der Waals surface area contributed by atoms with E-state index in [4.69, 9.17) is 9.05 Å². The first-order chi connectivity index (χ1) is 26.0. The molecule has 0 saturated heterocycles. The summed E-state index contributed by atoms with van der Waals surface area (Å²) in [6.07, 6.45) is 47.2. The van der Waals surface area contributed by atoms with Gasteiger partial charge in [0.2, 0.25) is 5.91 Å². The minimum absolute atomic E-state index is 0.0500. The highest BCUT2D eigenvalue weighted by Crippen LogP contribution is 2.43. The third kappa shape index (κ3) is 38.5. The zero-order valence-electron chi connectivity index (χ0n) is 35.4. The van der Waals surface area contributed by atoms with E-state index in [1.165, 1.54) is 70.6 Å². The molecule has 0 aliphatic rings. The fourth-order valence-corrected chi connectivity index (χ4v) is 6.51. The van der Waals surface area contributed by atoms with Crippen molar-refractivity contribution in [3.05, 3.63) is 60.8 Å². The molecule has 0 heterocycles. The van der Waals surface area contributed by atoms with Gasteiger partial charge in [-0.15, -0.1) is 0 Å². The zero-order chi connectivity index (χ0) is 40.0. The lowest BCUT2D eigenvalue weighted by atomic mass is 10.1. The number of quaternary nitrogens is 1. The lowest BCUT2D eigenvalue weighted by molar-refractivity contribution is -0.870. The summed E-state index contributed by atoms with van der Waals surface area (Å²) < 4.78 is 23.5. The number of likely N-dealkylation sites (N-methyl/N-ethyl adjacent to an activating group) is 1. The van der Waals surface area contributed by atoms with E-state index in [-0.39, 0.29) is 19.1 Å². The minimum atomic E-state index is -4.35. The molecule has 0 aliphatic carbocycles. The summed E-state index contributed by atoms with van der Waals surface area (Å²) in [6.45, 7) is 4.65. The second-order valence-electron chi connectivity index (χ2n) is 15.7. The van der Waals surface area contributed by atoms with Crippen molar-refractivity contribution in [3.63, 3.8) is 0 Å². The van der Waals surface area contributed by atoms with Crippen LogP contribution in [-0.4, -0.2) is 73.4 Å². The van der Waals surface area contributed by atoms with Crippen LogP contribution >= 0.6 is 7.82 Å². The van der Waals surface area contributed by atoms with Gasteiger partial charge in [0, 0.05) is 6.42 Å². The van der Waals surface area contributed by atoms with Crippen LogP contribution in [0.1, 0.15) is 168 Å². The van der Waals surface area contributed by atoms with Crippen LogP contribution in [0.5, 0.6) is 0 Å². The Morgan fingerprint density at radius 2 is 1.13 bits per heavy atom. The van der Waals surface area contributed by atoms with E-state index >= 15 is 0 Å². The van der Waals surface area contributed by atoms with Crippen molar-refractivity contribution < 1.29 is 32.9 Å². The smallest absolute Gasteiger partial charge is 0.387 e. The van der Waals surface area contributed by atoms with Gasteiger partial charge in [0.15, 0.2) is 0 Å². The average Bonchev–Trinajstić information content (AvgIpc) is 3.12. The van der Waals surface area contributed by atoms with Gasteiger partial charge in [-0.1, -0.05) is 158 Å². The number of unbranched alkanes of at least 4 members (excludes halogenated alkanes) is 17.